The van der Waals surface area contributed by atoms with Crippen molar-refractivity contribution in [3.8, 4) is 0 Å². The van der Waals surface area contributed by atoms with Gasteiger partial charge < -0.3 is 9.47 Å². The normalized spacial score (nSPS) is 42.0. The first kappa shape index (κ1) is 8.23. The molecule has 0 aromatic carbocycles. The predicted molar refractivity (Wildman–Crippen MR) is 48.7 cm³/mol. The molecule has 2 saturated heterocycles. The van der Waals surface area contributed by atoms with Gasteiger partial charge in [-0.05, 0) is 13.8 Å². The van der Waals surface area contributed by atoms with E-state index in [2.05, 4.69) is 0 Å². The van der Waals surface area contributed by atoms with Gasteiger partial charge in [-0.3, -0.25) is 0 Å². The van der Waals surface area contributed by atoms with Gasteiger partial charge in [0.15, 0.2) is 5.79 Å². The lowest BCUT2D eigenvalue weighted by atomic mass is 10.3. The number of hydrogen-bond acceptors (Lipinski definition) is 4. The monoisotopic (exact) mass is 192 g/mol. The summed E-state index contributed by atoms with van der Waals surface area (Å²) >= 11 is 0. The van der Waals surface area contributed by atoms with Crippen molar-refractivity contribution in [2.75, 3.05) is 11.5 Å². The summed E-state index contributed by atoms with van der Waals surface area (Å²) in [5, 5.41) is 0. The third-order valence-corrected chi connectivity index (χ3v) is 4.25. The van der Waals surface area contributed by atoms with Crippen LogP contribution in [0.5, 0.6) is 0 Å². The smallest absolute Gasteiger partial charge is 0.163 e. The molecule has 64 valence electrons. The Bertz CT molecular complexity index is 145. The first-order chi connectivity index (χ1) is 5.17. The highest BCUT2D eigenvalue weighted by Gasteiger charge is 2.42. The summed E-state index contributed by atoms with van der Waals surface area (Å²) in [5.74, 6) is 1.79. The molecule has 0 bridgehead atoms. The van der Waals surface area contributed by atoms with Gasteiger partial charge in [-0.15, -0.1) is 0 Å². The zero-order valence-electron chi connectivity index (χ0n) is 6.70. The van der Waals surface area contributed by atoms with Crippen molar-refractivity contribution in [1.29, 1.82) is 0 Å². The van der Waals surface area contributed by atoms with Gasteiger partial charge in [-0.2, -0.15) is 0 Å². The Labute approximate surface area is 74.8 Å². The molecule has 2 aliphatic rings. The average molecular weight is 192 g/mol. The first-order valence-corrected chi connectivity index (χ1v) is 6.26. The molecule has 4 heteroatoms. The van der Waals surface area contributed by atoms with Crippen LogP contribution in [0.3, 0.4) is 0 Å². The maximum Gasteiger partial charge on any atom is 0.163 e. The molecule has 2 nitrogen and oxygen atoms in total. The van der Waals surface area contributed by atoms with Gasteiger partial charge in [0.05, 0.1) is 12.2 Å². The van der Waals surface area contributed by atoms with Crippen LogP contribution in [-0.2, 0) is 9.47 Å². The van der Waals surface area contributed by atoms with Crippen LogP contribution in [-0.4, -0.2) is 29.5 Å². The number of hydrogen-bond donors (Lipinski definition) is 0. The lowest BCUT2D eigenvalue weighted by Gasteiger charge is -2.20. The summed E-state index contributed by atoms with van der Waals surface area (Å²) in [6, 6.07) is 0. The molecule has 0 amide bonds. The van der Waals surface area contributed by atoms with Crippen LogP contribution >= 0.6 is 21.6 Å². The van der Waals surface area contributed by atoms with E-state index in [1.165, 1.54) is 0 Å². The SMILES string of the molecule is CC1(C)O[C@H]2CSSC[C@@H]2O1. The molecule has 0 saturated carbocycles. The van der Waals surface area contributed by atoms with Gasteiger partial charge in [-0.25, -0.2) is 0 Å². The number of fused-ring (bicyclic) bond motifs is 1. The van der Waals surface area contributed by atoms with Gasteiger partial charge in [0.25, 0.3) is 0 Å². The van der Waals surface area contributed by atoms with Crippen molar-refractivity contribution >= 4 is 21.6 Å². The maximum atomic E-state index is 5.70. The molecule has 2 atom stereocenters. The summed E-state index contributed by atoms with van der Waals surface area (Å²) in [6.45, 7) is 3.97. The van der Waals surface area contributed by atoms with E-state index in [1.807, 2.05) is 35.4 Å². The highest BCUT2D eigenvalue weighted by molar-refractivity contribution is 8.76. The molecule has 2 aliphatic heterocycles. The summed E-state index contributed by atoms with van der Waals surface area (Å²) in [7, 11) is 3.77. The summed E-state index contributed by atoms with van der Waals surface area (Å²) in [5.41, 5.74) is 0. The standard InChI is InChI=1S/C7H12O2S2/c1-7(2)8-5-3-10-11-4-6(5)9-7/h5-6H,3-4H2,1-2H3/t5-,6-/m0/s1. The molecule has 0 aliphatic carbocycles. The Kier molecular flexibility index (Phi) is 2.12. The van der Waals surface area contributed by atoms with E-state index in [-0.39, 0.29) is 5.79 Å². The molecule has 0 N–H and O–H groups in total. The van der Waals surface area contributed by atoms with Gasteiger partial charge >= 0.3 is 0 Å². The molecule has 0 radical (unpaired) electrons. The Morgan fingerprint density at radius 1 is 1.09 bits per heavy atom. The second-order valence-corrected chi connectivity index (χ2v) is 5.83. The predicted octanol–water partition coefficient (Wildman–Crippen LogP) is 1.90. The van der Waals surface area contributed by atoms with Crippen LogP contribution in [0, 0.1) is 0 Å². The first-order valence-electron chi connectivity index (χ1n) is 3.77. The van der Waals surface area contributed by atoms with Crippen LogP contribution in [0.25, 0.3) is 0 Å². The van der Waals surface area contributed by atoms with Crippen molar-refractivity contribution in [2.24, 2.45) is 0 Å². The minimum absolute atomic E-state index is 0.330. The van der Waals surface area contributed by atoms with E-state index in [4.69, 9.17) is 9.47 Å². The maximum absolute atomic E-state index is 5.70. The molecule has 2 heterocycles. The Morgan fingerprint density at radius 2 is 1.55 bits per heavy atom. The van der Waals surface area contributed by atoms with E-state index < -0.39 is 0 Å². The molecule has 0 aromatic rings. The Morgan fingerprint density at radius 3 is 2.00 bits per heavy atom. The third kappa shape index (κ3) is 1.69. The zero-order chi connectivity index (χ0) is 7.90. The van der Waals surface area contributed by atoms with E-state index >= 15 is 0 Å². The quantitative estimate of drug-likeness (QED) is 0.545. The van der Waals surface area contributed by atoms with Crippen LogP contribution in [0.15, 0.2) is 0 Å². The van der Waals surface area contributed by atoms with Gasteiger partial charge in [0, 0.05) is 11.5 Å². The van der Waals surface area contributed by atoms with Crippen LogP contribution in [0.4, 0.5) is 0 Å². The van der Waals surface area contributed by atoms with E-state index in [0.29, 0.717) is 12.2 Å². The third-order valence-electron chi connectivity index (χ3n) is 1.83. The van der Waals surface area contributed by atoms with E-state index in [1.54, 1.807) is 0 Å². The fraction of sp³-hybridized carbons (Fsp3) is 1.00. The number of rotatable bonds is 0. The topological polar surface area (TPSA) is 18.5 Å². The van der Waals surface area contributed by atoms with Crippen LogP contribution < -0.4 is 0 Å². The van der Waals surface area contributed by atoms with Gasteiger partial charge in [0.1, 0.15) is 0 Å². The lowest BCUT2D eigenvalue weighted by molar-refractivity contribution is -0.142. The fourth-order valence-corrected chi connectivity index (χ4v) is 3.83. The zero-order valence-corrected chi connectivity index (χ0v) is 8.33. The minimum Gasteiger partial charge on any atom is -0.344 e. The van der Waals surface area contributed by atoms with Gasteiger partial charge in [0.2, 0.25) is 0 Å². The van der Waals surface area contributed by atoms with Crippen molar-refractivity contribution in [3.63, 3.8) is 0 Å². The van der Waals surface area contributed by atoms with Crippen molar-refractivity contribution in [1.82, 2.24) is 0 Å². The molecule has 0 aromatic heterocycles. The Hall–Kier alpha value is 0.620. The fourth-order valence-electron chi connectivity index (χ4n) is 1.42. The molecule has 0 unspecified atom stereocenters. The number of ether oxygens (including phenoxy) is 2. The van der Waals surface area contributed by atoms with Crippen molar-refractivity contribution < 1.29 is 9.47 Å². The summed E-state index contributed by atoms with van der Waals surface area (Å²) in [6.07, 6.45) is 0.660. The van der Waals surface area contributed by atoms with Gasteiger partial charge in [-0.1, -0.05) is 21.6 Å². The average Bonchev–Trinajstić information content (AvgIpc) is 2.21. The highest BCUT2D eigenvalue weighted by atomic mass is 33.1. The lowest BCUT2D eigenvalue weighted by Crippen LogP contribution is -2.29. The summed E-state index contributed by atoms with van der Waals surface area (Å²) < 4.78 is 11.4. The van der Waals surface area contributed by atoms with Crippen LogP contribution in [0.2, 0.25) is 0 Å². The summed E-state index contributed by atoms with van der Waals surface area (Å²) in [4.78, 5) is 0. The molecule has 11 heavy (non-hydrogen) atoms. The van der Waals surface area contributed by atoms with Crippen molar-refractivity contribution in [2.45, 2.75) is 31.8 Å². The molecular formula is C7H12O2S2. The largest absolute Gasteiger partial charge is 0.344 e. The molecule has 2 fully saturated rings. The molecule has 0 spiro atoms. The highest BCUT2D eigenvalue weighted by Crippen LogP contribution is 2.39. The Balaban J connectivity index is 2.03. The second kappa shape index (κ2) is 2.83. The second-order valence-electron chi connectivity index (χ2n) is 3.28. The molecule has 2 rings (SSSR count). The van der Waals surface area contributed by atoms with Crippen molar-refractivity contribution in [3.05, 3.63) is 0 Å². The van der Waals surface area contributed by atoms with E-state index in [9.17, 15) is 0 Å². The van der Waals surface area contributed by atoms with E-state index in [0.717, 1.165) is 11.5 Å². The molecular weight excluding hydrogens is 180 g/mol. The van der Waals surface area contributed by atoms with Crippen LogP contribution in [0.1, 0.15) is 13.8 Å². The minimum atomic E-state index is -0.346.